The molecular weight excluding hydrogens is 188 g/mol. The first kappa shape index (κ1) is 10.9. The Labute approximate surface area is 92.2 Å². The third-order valence-corrected chi connectivity index (χ3v) is 3.80. The molecule has 2 aliphatic heterocycles. The van der Waals surface area contributed by atoms with Crippen LogP contribution in [0, 0.1) is 5.92 Å². The standard InChI is InChI=1S/C12H22N2O/c1-2-10-5-7-14(9-10)12(15)8-11-4-3-6-13-11/h10-11,13H,2-9H2,1H3. The molecule has 2 fully saturated rings. The van der Waals surface area contributed by atoms with Crippen LogP contribution in [0.25, 0.3) is 0 Å². The molecule has 0 aromatic carbocycles. The van der Waals surface area contributed by atoms with Crippen molar-refractivity contribution < 1.29 is 4.79 Å². The molecule has 2 heterocycles. The summed E-state index contributed by atoms with van der Waals surface area (Å²) >= 11 is 0. The topological polar surface area (TPSA) is 32.3 Å². The summed E-state index contributed by atoms with van der Waals surface area (Å²) in [6.45, 7) is 5.30. The van der Waals surface area contributed by atoms with E-state index in [2.05, 4.69) is 17.1 Å². The van der Waals surface area contributed by atoms with Gasteiger partial charge < -0.3 is 10.2 Å². The molecule has 1 amide bonds. The second kappa shape index (κ2) is 4.97. The number of nitrogens with zero attached hydrogens (tertiary/aromatic N) is 1. The van der Waals surface area contributed by atoms with Gasteiger partial charge in [-0.3, -0.25) is 4.79 Å². The summed E-state index contributed by atoms with van der Waals surface area (Å²) in [5, 5.41) is 3.39. The Morgan fingerprint density at radius 1 is 1.47 bits per heavy atom. The van der Waals surface area contributed by atoms with E-state index in [-0.39, 0.29) is 0 Å². The zero-order valence-electron chi connectivity index (χ0n) is 9.67. The molecule has 0 spiro atoms. The molecular formula is C12H22N2O. The van der Waals surface area contributed by atoms with E-state index in [1.165, 1.54) is 25.7 Å². The lowest BCUT2D eigenvalue weighted by Crippen LogP contribution is -2.34. The van der Waals surface area contributed by atoms with Gasteiger partial charge in [0.1, 0.15) is 0 Å². The first-order chi connectivity index (χ1) is 7.29. The van der Waals surface area contributed by atoms with Crippen molar-refractivity contribution in [1.82, 2.24) is 10.2 Å². The summed E-state index contributed by atoms with van der Waals surface area (Å²) in [6, 6.07) is 0.457. The lowest BCUT2D eigenvalue weighted by Gasteiger charge is -2.18. The monoisotopic (exact) mass is 210 g/mol. The quantitative estimate of drug-likeness (QED) is 0.763. The maximum Gasteiger partial charge on any atom is 0.224 e. The summed E-state index contributed by atoms with van der Waals surface area (Å²) in [5.41, 5.74) is 0. The number of rotatable bonds is 3. The molecule has 2 aliphatic rings. The Bertz CT molecular complexity index is 224. The fourth-order valence-electron chi connectivity index (χ4n) is 2.66. The fourth-order valence-corrected chi connectivity index (χ4v) is 2.66. The fraction of sp³-hybridized carbons (Fsp3) is 0.917. The zero-order valence-corrected chi connectivity index (χ0v) is 9.67. The Hall–Kier alpha value is -0.570. The lowest BCUT2D eigenvalue weighted by molar-refractivity contribution is -0.130. The molecule has 2 saturated heterocycles. The van der Waals surface area contributed by atoms with Crippen molar-refractivity contribution in [3.8, 4) is 0 Å². The minimum atomic E-state index is 0.366. The molecule has 0 aliphatic carbocycles. The molecule has 0 bridgehead atoms. The Morgan fingerprint density at radius 3 is 2.93 bits per heavy atom. The Morgan fingerprint density at radius 2 is 2.33 bits per heavy atom. The van der Waals surface area contributed by atoms with Crippen LogP contribution in [0.15, 0.2) is 0 Å². The van der Waals surface area contributed by atoms with Crippen LogP contribution >= 0.6 is 0 Å². The number of hydrogen-bond donors (Lipinski definition) is 1. The number of amides is 1. The van der Waals surface area contributed by atoms with Crippen molar-refractivity contribution >= 4 is 5.91 Å². The van der Waals surface area contributed by atoms with Crippen LogP contribution < -0.4 is 5.32 Å². The van der Waals surface area contributed by atoms with E-state index in [4.69, 9.17) is 0 Å². The van der Waals surface area contributed by atoms with Gasteiger partial charge in [0.25, 0.3) is 0 Å². The summed E-state index contributed by atoms with van der Waals surface area (Å²) in [7, 11) is 0. The van der Waals surface area contributed by atoms with Crippen molar-refractivity contribution in [3.05, 3.63) is 0 Å². The minimum Gasteiger partial charge on any atom is -0.342 e. The predicted octanol–water partition coefficient (Wildman–Crippen LogP) is 1.39. The van der Waals surface area contributed by atoms with E-state index in [1.54, 1.807) is 0 Å². The molecule has 0 aromatic rings. The van der Waals surface area contributed by atoms with Crippen LogP contribution in [-0.4, -0.2) is 36.5 Å². The molecule has 3 heteroatoms. The first-order valence-electron chi connectivity index (χ1n) is 6.30. The van der Waals surface area contributed by atoms with E-state index in [9.17, 15) is 4.79 Å². The van der Waals surface area contributed by atoms with Gasteiger partial charge in [0, 0.05) is 25.6 Å². The SMILES string of the molecule is CCC1CCN(C(=O)CC2CCCN2)C1. The Balaban J connectivity index is 1.76. The van der Waals surface area contributed by atoms with Crippen molar-refractivity contribution in [2.24, 2.45) is 5.92 Å². The third kappa shape index (κ3) is 2.71. The zero-order chi connectivity index (χ0) is 10.7. The third-order valence-electron chi connectivity index (χ3n) is 3.80. The number of carbonyl (C=O) groups excluding carboxylic acids is 1. The molecule has 2 unspecified atom stereocenters. The maximum absolute atomic E-state index is 11.9. The van der Waals surface area contributed by atoms with Gasteiger partial charge in [-0.2, -0.15) is 0 Å². The van der Waals surface area contributed by atoms with Crippen LogP contribution in [0.4, 0.5) is 0 Å². The van der Waals surface area contributed by atoms with Crippen molar-refractivity contribution in [1.29, 1.82) is 0 Å². The van der Waals surface area contributed by atoms with Gasteiger partial charge in [-0.25, -0.2) is 0 Å². The molecule has 15 heavy (non-hydrogen) atoms. The second-order valence-electron chi connectivity index (χ2n) is 4.90. The van der Waals surface area contributed by atoms with Crippen LogP contribution in [0.2, 0.25) is 0 Å². The van der Waals surface area contributed by atoms with E-state index < -0.39 is 0 Å². The van der Waals surface area contributed by atoms with E-state index in [0.717, 1.165) is 32.0 Å². The molecule has 0 saturated carbocycles. The first-order valence-corrected chi connectivity index (χ1v) is 6.30. The summed E-state index contributed by atoms with van der Waals surface area (Å²) in [5.74, 6) is 1.12. The Kier molecular flexibility index (Phi) is 3.62. The average Bonchev–Trinajstić information content (AvgIpc) is 2.86. The van der Waals surface area contributed by atoms with Crippen LogP contribution in [0.1, 0.15) is 39.0 Å². The summed E-state index contributed by atoms with van der Waals surface area (Å²) in [4.78, 5) is 14.0. The van der Waals surface area contributed by atoms with Gasteiger partial charge in [-0.05, 0) is 31.7 Å². The van der Waals surface area contributed by atoms with Gasteiger partial charge >= 0.3 is 0 Å². The minimum absolute atomic E-state index is 0.366. The van der Waals surface area contributed by atoms with Crippen molar-refractivity contribution in [2.45, 2.75) is 45.1 Å². The highest BCUT2D eigenvalue weighted by Gasteiger charge is 2.27. The lowest BCUT2D eigenvalue weighted by atomic mass is 10.1. The van der Waals surface area contributed by atoms with E-state index in [1.807, 2.05) is 0 Å². The van der Waals surface area contributed by atoms with Gasteiger partial charge in [-0.15, -0.1) is 0 Å². The molecule has 1 N–H and O–H groups in total. The molecule has 2 atom stereocenters. The normalized spacial score (nSPS) is 31.1. The number of likely N-dealkylation sites (tertiary alicyclic amines) is 1. The number of nitrogens with one attached hydrogen (secondary N) is 1. The highest BCUT2D eigenvalue weighted by Crippen LogP contribution is 2.20. The molecule has 0 radical (unpaired) electrons. The van der Waals surface area contributed by atoms with Gasteiger partial charge in [0.05, 0.1) is 0 Å². The maximum atomic E-state index is 11.9. The average molecular weight is 210 g/mol. The van der Waals surface area contributed by atoms with Gasteiger partial charge in [0.2, 0.25) is 5.91 Å². The smallest absolute Gasteiger partial charge is 0.224 e. The summed E-state index contributed by atoms with van der Waals surface area (Å²) < 4.78 is 0. The molecule has 2 rings (SSSR count). The second-order valence-corrected chi connectivity index (χ2v) is 4.90. The predicted molar refractivity (Wildman–Crippen MR) is 60.6 cm³/mol. The van der Waals surface area contributed by atoms with Crippen LogP contribution in [0.3, 0.4) is 0 Å². The van der Waals surface area contributed by atoms with Crippen molar-refractivity contribution in [2.75, 3.05) is 19.6 Å². The van der Waals surface area contributed by atoms with E-state index >= 15 is 0 Å². The van der Waals surface area contributed by atoms with Crippen LogP contribution in [0.5, 0.6) is 0 Å². The van der Waals surface area contributed by atoms with E-state index in [0.29, 0.717) is 11.9 Å². The number of carbonyl (C=O) groups is 1. The summed E-state index contributed by atoms with van der Waals surface area (Å²) in [6.07, 6.45) is 5.55. The molecule has 86 valence electrons. The molecule has 3 nitrogen and oxygen atoms in total. The highest BCUT2D eigenvalue weighted by molar-refractivity contribution is 5.77. The highest BCUT2D eigenvalue weighted by atomic mass is 16.2. The van der Waals surface area contributed by atoms with Gasteiger partial charge in [0.15, 0.2) is 0 Å². The largest absolute Gasteiger partial charge is 0.342 e. The van der Waals surface area contributed by atoms with Crippen molar-refractivity contribution in [3.63, 3.8) is 0 Å². The number of hydrogen-bond acceptors (Lipinski definition) is 2. The van der Waals surface area contributed by atoms with Crippen LogP contribution in [-0.2, 0) is 4.79 Å². The van der Waals surface area contributed by atoms with Gasteiger partial charge in [-0.1, -0.05) is 13.3 Å². The molecule has 0 aromatic heterocycles.